The zero-order valence-electron chi connectivity index (χ0n) is 38.3. The molecule has 0 aromatic carbocycles. The van der Waals surface area contributed by atoms with Crippen LogP contribution in [0.3, 0.4) is 0 Å². The number of rotatable bonds is 21. The molecule has 0 saturated carbocycles. The van der Waals surface area contributed by atoms with E-state index >= 15 is 0 Å². The predicted molar refractivity (Wildman–Crippen MR) is 285 cm³/mol. The van der Waals surface area contributed by atoms with Crippen LogP contribution in [-0.2, 0) is 14.3 Å². The van der Waals surface area contributed by atoms with E-state index in [-0.39, 0.29) is 19.3 Å². The molecule has 1 amide bonds. The second kappa shape index (κ2) is 37.3. The Hall–Kier alpha value is -6.58. The van der Waals surface area contributed by atoms with Crippen LogP contribution in [0.15, 0.2) is 124 Å². The summed E-state index contributed by atoms with van der Waals surface area (Å²) >= 11 is 8.97. The van der Waals surface area contributed by atoms with Gasteiger partial charge in [-0.15, -0.1) is 40.8 Å². The molecule has 0 fully saturated rings. The number of nitrogens with two attached hydrogens (primary N) is 1. The van der Waals surface area contributed by atoms with Crippen molar-refractivity contribution in [2.75, 3.05) is 40.5 Å². The average molecular weight is 1110 g/mol. The third-order valence-corrected chi connectivity index (χ3v) is 11.8. The SMILES string of the molecule is Brc1ccccn1.C.CCOC(=O)CCCCCCN(c1ccccn1)c1nncs1.Nc1nncs1.O=C(CCCCCCN(c1ccccn1)c1nncs1)NO.c1ccc(Nc2nncs2)nc1. The minimum absolute atomic E-state index is 0. The standard InChI is InChI=1S/C16H22N4O2S.C14H19N5O2S.C7H6N4S.C5H4BrN.C2H3N3S.CH4/c1-2-22-15(21)10-5-3-4-8-12-20(16-19-18-13-23-16)14-9-6-7-11-17-14;20-13(18-21)8-3-1-2-6-10-19(14-17-16-11-22-14)12-7-4-5-9-15-12;1-2-4-8-6(3-1)10-7-11-9-5-12-7;6-5-3-1-2-4-7-5;3-2-5-4-1-6-2;/h6-7,9,11,13H,2-5,8,10,12H2,1H3;4-5,7,9,11,21H,1-3,6,8,10H2,(H,18,20);1-5H,(H,8,10,11);1-4H;1H,(H2,3,5);1H4. The quantitative estimate of drug-likeness (QED) is 0.0171. The molecule has 0 aliphatic rings. The van der Waals surface area contributed by atoms with Gasteiger partial charge in [0.25, 0.3) is 0 Å². The number of nitrogen functional groups attached to an aromatic ring is 1. The lowest BCUT2D eigenvalue weighted by atomic mass is 10.1. The lowest BCUT2D eigenvalue weighted by molar-refractivity contribution is -0.143. The maximum Gasteiger partial charge on any atom is 0.305 e. The van der Waals surface area contributed by atoms with Crippen LogP contribution in [0, 0.1) is 0 Å². The molecule has 71 heavy (non-hydrogen) atoms. The number of aromatic nitrogens is 12. The van der Waals surface area contributed by atoms with Crippen molar-refractivity contribution in [2.45, 2.75) is 78.6 Å². The van der Waals surface area contributed by atoms with Crippen LogP contribution in [-0.4, -0.2) is 97.5 Å². The largest absolute Gasteiger partial charge is 0.466 e. The monoisotopic (exact) mass is 1110 g/mol. The van der Waals surface area contributed by atoms with Crippen molar-refractivity contribution >= 4 is 111 Å². The van der Waals surface area contributed by atoms with Crippen molar-refractivity contribution in [3.05, 3.63) is 124 Å². The fourth-order valence-electron chi connectivity index (χ4n) is 5.60. The molecule has 8 heterocycles. The van der Waals surface area contributed by atoms with E-state index in [0.717, 1.165) is 102 Å². The van der Waals surface area contributed by atoms with Crippen molar-refractivity contribution in [1.29, 1.82) is 0 Å². The number of hydroxylamine groups is 1. The van der Waals surface area contributed by atoms with Crippen molar-refractivity contribution in [3.63, 3.8) is 0 Å². The van der Waals surface area contributed by atoms with Gasteiger partial charge in [0, 0.05) is 50.7 Å². The van der Waals surface area contributed by atoms with Crippen LogP contribution in [0.25, 0.3) is 0 Å². The van der Waals surface area contributed by atoms with E-state index in [1.165, 1.54) is 45.3 Å². The molecule has 5 N–H and O–H groups in total. The summed E-state index contributed by atoms with van der Waals surface area (Å²) in [4.78, 5) is 43.1. The highest BCUT2D eigenvalue weighted by molar-refractivity contribution is 9.10. The summed E-state index contributed by atoms with van der Waals surface area (Å²) in [5.74, 6) is 2.10. The first-order valence-corrected chi connectivity index (χ1v) is 26.2. The van der Waals surface area contributed by atoms with Gasteiger partial charge in [0.05, 0.1) is 6.61 Å². The molecule has 378 valence electrons. The average Bonchev–Trinajstić information content (AvgIpc) is 4.27. The second-order valence-corrected chi connectivity index (χ2v) is 17.9. The fraction of sp³-hybridized carbons (Fsp3) is 0.333. The summed E-state index contributed by atoms with van der Waals surface area (Å²) in [6.07, 6.45) is 15.5. The number of pyridine rings is 4. The Labute approximate surface area is 437 Å². The number of ether oxygens (including phenoxy) is 1. The molecule has 0 radical (unpaired) electrons. The number of carbonyl (C=O) groups is 2. The third-order valence-electron chi connectivity index (χ3n) is 8.75. The van der Waals surface area contributed by atoms with Gasteiger partial charge in [-0.1, -0.05) is 103 Å². The Morgan fingerprint density at radius 3 is 1.52 bits per heavy atom. The minimum atomic E-state index is -0.330. The Kier molecular flexibility index (Phi) is 30.8. The number of anilines is 7. The molecule has 0 aliphatic heterocycles. The predicted octanol–water partition coefficient (Wildman–Crippen LogP) is 10.4. The second-order valence-electron chi connectivity index (χ2n) is 13.8. The van der Waals surface area contributed by atoms with Gasteiger partial charge in [-0.05, 0) is 97.1 Å². The topological polar surface area (TPSA) is 275 Å². The Morgan fingerprint density at radius 2 is 1.13 bits per heavy atom. The number of esters is 1. The highest BCUT2D eigenvalue weighted by Gasteiger charge is 2.14. The van der Waals surface area contributed by atoms with Crippen LogP contribution < -0.4 is 26.3 Å². The van der Waals surface area contributed by atoms with Crippen molar-refractivity contribution in [2.24, 2.45) is 0 Å². The van der Waals surface area contributed by atoms with Gasteiger partial charge in [-0.3, -0.25) is 14.8 Å². The van der Waals surface area contributed by atoms with Crippen molar-refractivity contribution in [1.82, 2.24) is 66.2 Å². The number of amides is 1. The number of carbonyl (C=O) groups excluding carboxylic acids is 2. The third kappa shape index (κ3) is 25.7. The first-order chi connectivity index (χ1) is 34.4. The summed E-state index contributed by atoms with van der Waals surface area (Å²) in [6, 6.07) is 23.0. The molecular formula is C45H58BrN17O4S4. The molecule has 0 spiro atoms. The summed E-state index contributed by atoms with van der Waals surface area (Å²) < 4.78 is 5.81. The Bertz CT molecular complexity index is 2460. The van der Waals surface area contributed by atoms with E-state index in [2.05, 4.69) is 91.8 Å². The van der Waals surface area contributed by atoms with E-state index in [0.29, 0.717) is 24.6 Å². The summed E-state index contributed by atoms with van der Waals surface area (Å²) in [6.45, 7) is 3.93. The highest BCUT2D eigenvalue weighted by atomic mass is 79.9. The normalized spacial score (nSPS) is 9.85. The van der Waals surface area contributed by atoms with Gasteiger partial charge in [0.2, 0.25) is 26.4 Å². The number of hydrogen-bond acceptors (Lipinski definition) is 24. The zero-order valence-corrected chi connectivity index (χ0v) is 43.1. The van der Waals surface area contributed by atoms with Crippen LogP contribution in [0.4, 0.5) is 38.0 Å². The van der Waals surface area contributed by atoms with Gasteiger partial charge >= 0.3 is 5.97 Å². The van der Waals surface area contributed by atoms with Crippen molar-refractivity contribution < 1.29 is 19.5 Å². The van der Waals surface area contributed by atoms with Gasteiger partial charge in [0.15, 0.2) is 0 Å². The van der Waals surface area contributed by atoms with E-state index in [1.807, 2.05) is 79.7 Å². The fourth-order valence-corrected chi connectivity index (χ4v) is 7.81. The van der Waals surface area contributed by atoms with E-state index in [9.17, 15) is 9.59 Å². The van der Waals surface area contributed by atoms with Crippen LogP contribution in [0.5, 0.6) is 0 Å². The maximum atomic E-state index is 11.3. The molecule has 0 atom stereocenters. The van der Waals surface area contributed by atoms with E-state index in [1.54, 1.807) is 52.3 Å². The minimum Gasteiger partial charge on any atom is -0.466 e. The lowest BCUT2D eigenvalue weighted by Crippen LogP contribution is -2.19. The van der Waals surface area contributed by atoms with E-state index in [4.69, 9.17) is 15.7 Å². The smallest absolute Gasteiger partial charge is 0.305 e. The Balaban J connectivity index is 0.000000254. The first kappa shape index (κ1) is 58.7. The van der Waals surface area contributed by atoms with E-state index < -0.39 is 0 Å². The van der Waals surface area contributed by atoms with Gasteiger partial charge in [-0.2, -0.15) is 0 Å². The van der Waals surface area contributed by atoms with Crippen LogP contribution in [0.1, 0.15) is 78.6 Å². The summed E-state index contributed by atoms with van der Waals surface area (Å²) in [5, 5.41) is 44.9. The lowest BCUT2D eigenvalue weighted by Gasteiger charge is -2.20. The van der Waals surface area contributed by atoms with Crippen molar-refractivity contribution in [3.8, 4) is 0 Å². The molecular weight excluding hydrogens is 1050 g/mol. The first-order valence-electron chi connectivity index (χ1n) is 21.9. The van der Waals surface area contributed by atoms with Gasteiger partial charge in [0.1, 0.15) is 44.1 Å². The molecule has 0 aliphatic carbocycles. The number of hydrogen-bond donors (Lipinski definition) is 4. The molecule has 8 rings (SSSR count). The number of nitrogens with zero attached hydrogens (tertiary/aromatic N) is 14. The highest BCUT2D eigenvalue weighted by Crippen LogP contribution is 2.26. The van der Waals surface area contributed by atoms with Crippen LogP contribution in [0.2, 0.25) is 0 Å². The molecule has 8 aromatic heterocycles. The van der Waals surface area contributed by atoms with Crippen LogP contribution >= 0.6 is 61.3 Å². The maximum absolute atomic E-state index is 11.3. The van der Waals surface area contributed by atoms with Gasteiger partial charge < -0.3 is 25.6 Å². The molecule has 8 aromatic rings. The zero-order chi connectivity index (χ0) is 49.7. The summed E-state index contributed by atoms with van der Waals surface area (Å²) in [5.41, 5.74) is 13.5. The molecule has 21 nitrogen and oxygen atoms in total. The summed E-state index contributed by atoms with van der Waals surface area (Å²) in [7, 11) is 0. The molecule has 0 unspecified atom stereocenters. The number of nitrogens with one attached hydrogen (secondary N) is 2. The van der Waals surface area contributed by atoms with Gasteiger partial charge in [-0.25, -0.2) is 25.4 Å². The number of halogens is 1. The molecule has 0 saturated heterocycles. The number of unbranched alkanes of at least 4 members (excludes halogenated alkanes) is 6. The Morgan fingerprint density at radius 1 is 0.620 bits per heavy atom. The molecule has 26 heteroatoms. The molecule has 0 bridgehead atoms.